The molecule has 0 saturated carbocycles. The number of aryl methyl sites for hydroxylation is 3. The topological polar surface area (TPSA) is 46.3 Å². The van der Waals surface area contributed by atoms with Gasteiger partial charge in [0.2, 0.25) is 0 Å². The summed E-state index contributed by atoms with van der Waals surface area (Å²) in [4.78, 5) is 17.0. The van der Waals surface area contributed by atoms with Gasteiger partial charge < -0.3 is 4.90 Å². The zero-order chi connectivity index (χ0) is 16.7. The maximum atomic E-state index is 5.01. The van der Waals surface area contributed by atoms with Gasteiger partial charge in [0.25, 0.3) is 0 Å². The van der Waals surface area contributed by atoms with E-state index in [0.717, 1.165) is 65.6 Å². The summed E-state index contributed by atoms with van der Waals surface area (Å²) in [6.45, 7) is 8.54. The van der Waals surface area contributed by atoms with Crippen LogP contribution in [0.1, 0.15) is 49.8 Å². The molecule has 0 unspecified atom stereocenters. The highest BCUT2D eigenvalue weighted by atomic mass is 15.2. The second-order valence-corrected chi connectivity index (χ2v) is 6.80. The van der Waals surface area contributed by atoms with Gasteiger partial charge in [0, 0.05) is 19.5 Å². The van der Waals surface area contributed by atoms with E-state index in [0.29, 0.717) is 0 Å². The summed E-state index contributed by atoms with van der Waals surface area (Å²) < 4.78 is 2.24. The third-order valence-electron chi connectivity index (χ3n) is 4.96. The van der Waals surface area contributed by atoms with E-state index >= 15 is 0 Å². The van der Waals surface area contributed by atoms with E-state index < -0.39 is 0 Å². The van der Waals surface area contributed by atoms with E-state index in [4.69, 9.17) is 15.0 Å². The molecule has 4 heterocycles. The van der Waals surface area contributed by atoms with Crippen molar-refractivity contribution >= 4 is 22.5 Å². The molecule has 1 saturated heterocycles. The average molecular weight is 323 g/mol. The molecule has 1 aliphatic heterocycles. The molecule has 1 fully saturated rings. The van der Waals surface area contributed by atoms with Gasteiger partial charge in [0.15, 0.2) is 5.65 Å². The fraction of sp³-hybridized carbons (Fsp3) is 0.526. The molecule has 0 atom stereocenters. The average Bonchev–Trinajstić information content (AvgIpc) is 2.93. The number of hydrogen-bond donors (Lipinski definition) is 0. The summed E-state index contributed by atoms with van der Waals surface area (Å²) in [5.41, 5.74) is 5.10. The Hall–Kier alpha value is -2.17. The highest BCUT2D eigenvalue weighted by Gasteiger charge is 2.17. The minimum Gasteiger partial charge on any atom is -0.357 e. The predicted molar refractivity (Wildman–Crippen MR) is 97.8 cm³/mol. The molecule has 3 aromatic heterocycles. The lowest BCUT2D eigenvalue weighted by Gasteiger charge is -2.27. The van der Waals surface area contributed by atoms with Crippen LogP contribution in [0.4, 0.5) is 5.82 Å². The van der Waals surface area contributed by atoms with E-state index in [-0.39, 0.29) is 0 Å². The summed E-state index contributed by atoms with van der Waals surface area (Å²) in [6, 6.07) is 4.24. The minimum absolute atomic E-state index is 0.947. The Labute approximate surface area is 142 Å². The SMILES string of the molecule is CCCc1nc(C)c2c(C)nc3ccc(N4CCCCC4)nc3n12. The first-order chi connectivity index (χ1) is 11.7. The molecule has 0 N–H and O–H groups in total. The lowest BCUT2D eigenvalue weighted by molar-refractivity contribution is 0.574. The van der Waals surface area contributed by atoms with Crippen molar-refractivity contribution in [3.63, 3.8) is 0 Å². The highest BCUT2D eigenvalue weighted by Crippen LogP contribution is 2.25. The molecule has 24 heavy (non-hydrogen) atoms. The Balaban J connectivity index is 1.96. The number of piperidine rings is 1. The Bertz CT molecular complexity index is 890. The van der Waals surface area contributed by atoms with Gasteiger partial charge in [-0.3, -0.25) is 4.40 Å². The van der Waals surface area contributed by atoms with E-state index in [1.54, 1.807) is 0 Å². The largest absolute Gasteiger partial charge is 0.357 e. The van der Waals surface area contributed by atoms with Crippen molar-refractivity contribution in [1.29, 1.82) is 0 Å². The number of nitrogens with zero attached hydrogens (tertiary/aromatic N) is 5. The zero-order valence-corrected chi connectivity index (χ0v) is 14.8. The fourth-order valence-corrected chi connectivity index (χ4v) is 3.85. The van der Waals surface area contributed by atoms with Gasteiger partial charge in [-0.25, -0.2) is 15.0 Å². The lowest BCUT2D eigenvalue weighted by atomic mass is 10.1. The van der Waals surface area contributed by atoms with Gasteiger partial charge in [-0.15, -0.1) is 0 Å². The van der Waals surface area contributed by atoms with Crippen molar-refractivity contribution in [1.82, 2.24) is 19.4 Å². The number of fused-ring (bicyclic) bond motifs is 3. The van der Waals surface area contributed by atoms with Crippen molar-refractivity contribution in [2.45, 2.75) is 52.9 Å². The van der Waals surface area contributed by atoms with Crippen molar-refractivity contribution in [3.05, 3.63) is 29.3 Å². The second-order valence-electron chi connectivity index (χ2n) is 6.80. The summed E-state index contributed by atoms with van der Waals surface area (Å²) in [6.07, 6.45) is 5.88. The smallest absolute Gasteiger partial charge is 0.167 e. The standard InChI is InChI=1S/C19H25N5/c1-4-8-17-21-14(3)18-13(2)20-15-9-10-16(22-19(15)24(17)18)23-11-6-5-7-12-23/h9-10H,4-8,11-12H2,1-3H3. The molecule has 0 radical (unpaired) electrons. The summed E-state index contributed by atoms with van der Waals surface area (Å²) in [5, 5.41) is 0. The van der Waals surface area contributed by atoms with Crippen molar-refractivity contribution in [2.75, 3.05) is 18.0 Å². The molecule has 0 aliphatic carbocycles. The van der Waals surface area contributed by atoms with Gasteiger partial charge in [-0.1, -0.05) is 6.92 Å². The third kappa shape index (κ3) is 2.43. The monoisotopic (exact) mass is 323 g/mol. The van der Waals surface area contributed by atoms with Crippen molar-refractivity contribution in [2.24, 2.45) is 0 Å². The molecule has 126 valence electrons. The molecule has 5 nitrogen and oxygen atoms in total. The van der Waals surface area contributed by atoms with Crippen LogP contribution in [0.15, 0.2) is 12.1 Å². The predicted octanol–water partition coefficient (Wildman–Crippen LogP) is 3.84. The number of hydrogen-bond acceptors (Lipinski definition) is 4. The Morgan fingerprint density at radius 1 is 0.958 bits per heavy atom. The van der Waals surface area contributed by atoms with Crippen LogP contribution in [0.25, 0.3) is 16.7 Å². The number of aromatic nitrogens is 4. The minimum atomic E-state index is 0.947. The van der Waals surface area contributed by atoms with Gasteiger partial charge in [0.1, 0.15) is 17.2 Å². The normalized spacial score (nSPS) is 15.5. The first kappa shape index (κ1) is 15.4. The van der Waals surface area contributed by atoms with Crippen LogP contribution in [0.3, 0.4) is 0 Å². The zero-order valence-electron chi connectivity index (χ0n) is 14.8. The number of imidazole rings is 1. The Kier molecular flexibility index (Phi) is 3.87. The third-order valence-corrected chi connectivity index (χ3v) is 4.96. The van der Waals surface area contributed by atoms with E-state index in [1.807, 2.05) is 0 Å². The molecular formula is C19H25N5. The van der Waals surface area contributed by atoms with Gasteiger partial charge in [0.05, 0.1) is 16.9 Å². The van der Waals surface area contributed by atoms with Gasteiger partial charge >= 0.3 is 0 Å². The van der Waals surface area contributed by atoms with Gasteiger partial charge in [-0.2, -0.15) is 0 Å². The molecule has 5 heteroatoms. The van der Waals surface area contributed by atoms with Crippen LogP contribution in [0.2, 0.25) is 0 Å². The lowest BCUT2D eigenvalue weighted by Crippen LogP contribution is -2.30. The highest BCUT2D eigenvalue weighted by molar-refractivity contribution is 5.79. The van der Waals surface area contributed by atoms with Crippen molar-refractivity contribution in [3.8, 4) is 0 Å². The van der Waals surface area contributed by atoms with Crippen LogP contribution < -0.4 is 4.90 Å². The van der Waals surface area contributed by atoms with Crippen LogP contribution in [0.5, 0.6) is 0 Å². The molecular weight excluding hydrogens is 298 g/mol. The second kappa shape index (κ2) is 6.04. The van der Waals surface area contributed by atoms with Crippen molar-refractivity contribution < 1.29 is 0 Å². The molecule has 0 aromatic carbocycles. The maximum absolute atomic E-state index is 5.01. The summed E-state index contributed by atoms with van der Waals surface area (Å²) in [7, 11) is 0. The first-order valence-electron chi connectivity index (χ1n) is 9.09. The summed E-state index contributed by atoms with van der Waals surface area (Å²) >= 11 is 0. The molecule has 0 spiro atoms. The quantitative estimate of drug-likeness (QED) is 0.735. The molecule has 0 bridgehead atoms. The van der Waals surface area contributed by atoms with E-state index in [2.05, 4.69) is 42.2 Å². The van der Waals surface area contributed by atoms with Gasteiger partial charge in [-0.05, 0) is 51.7 Å². The first-order valence-corrected chi connectivity index (χ1v) is 9.09. The Morgan fingerprint density at radius 2 is 1.71 bits per heavy atom. The summed E-state index contributed by atoms with van der Waals surface area (Å²) in [5.74, 6) is 2.17. The van der Waals surface area contributed by atoms with Crippen LogP contribution in [0, 0.1) is 13.8 Å². The molecule has 0 amide bonds. The van der Waals surface area contributed by atoms with Crippen LogP contribution in [-0.2, 0) is 6.42 Å². The Morgan fingerprint density at radius 3 is 2.46 bits per heavy atom. The molecule has 1 aliphatic rings. The number of rotatable bonds is 3. The molecule has 3 aromatic rings. The number of pyridine rings is 1. The number of anilines is 1. The van der Waals surface area contributed by atoms with Crippen LogP contribution in [-0.4, -0.2) is 32.4 Å². The van der Waals surface area contributed by atoms with Crippen LogP contribution >= 0.6 is 0 Å². The molecule has 4 rings (SSSR count). The van der Waals surface area contributed by atoms with E-state index in [1.165, 1.54) is 19.3 Å². The van der Waals surface area contributed by atoms with E-state index in [9.17, 15) is 0 Å². The fourth-order valence-electron chi connectivity index (χ4n) is 3.85. The maximum Gasteiger partial charge on any atom is 0.167 e.